The maximum atomic E-state index is 14.7. The lowest BCUT2D eigenvalue weighted by Gasteiger charge is -2.17. The van der Waals surface area contributed by atoms with Crippen LogP contribution in [0.15, 0.2) is 42.9 Å². The van der Waals surface area contributed by atoms with Crippen LogP contribution in [0.3, 0.4) is 0 Å². The molecule has 2 aliphatic rings. The molecule has 8 heteroatoms. The average Bonchev–Trinajstić information content (AvgIpc) is 3.45. The highest BCUT2D eigenvalue weighted by Crippen LogP contribution is 2.42. The predicted octanol–water partition coefficient (Wildman–Crippen LogP) is 3.97. The van der Waals surface area contributed by atoms with Crippen molar-refractivity contribution >= 4 is 11.5 Å². The van der Waals surface area contributed by atoms with Gasteiger partial charge in [-0.1, -0.05) is 13.0 Å². The lowest BCUT2D eigenvalue weighted by molar-refractivity contribution is 0.249. The fraction of sp³-hybridized carbons (Fsp3) is 0.261. The molecule has 0 bridgehead atoms. The molecule has 0 aliphatic carbocycles. The van der Waals surface area contributed by atoms with E-state index in [1.54, 1.807) is 18.6 Å². The van der Waals surface area contributed by atoms with Gasteiger partial charge >= 0.3 is 0 Å². The van der Waals surface area contributed by atoms with Crippen molar-refractivity contribution in [3.05, 3.63) is 65.5 Å². The van der Waals surface area contributed by atoms with Crippen LogP contribution < -0.4 is 14.8 Å². The maximum absolute atomic E-state index is 14.7. The number of halogens is 1. The summed E-state index contributed by atoms with van der Waals surface area (Å²) in [5, 5.41) is 11.8. The van der Waals surface area contributed by atoms with Crippen molar-refractivity contribution in [2.24, 2.45) is 0 Å². The molecular weight excluding hydrogens is 397 g/mol. The topological polar surface area (TPSA) is 73.6 Å². The highest BCUT2D eigenvalue weighted by atomic mass is 19.1. The smallest absolute Gasteiger partial charge is 0.170 e. The van der Waals surface area contributed by atoms with Gasteiger partial charge in [0.15, 0.2) is 17.2 Å². The van der Waals surface area contributed by atoms with E-state index in [1.807, 2.05) is 22.6 Å². The van der Waals surface area contributed by atoms with Crippen LogP contribution in [-0.4, -0.2) is 32.8 Å². The molecule has 0 amide bonds. The number of nitrogens with zero attached hydrogens (tertiary/aromatic N) is 4. The van der Waals surface area contributed by atoms with Gasteiger partial charge in [-0.2, -0.15) is 0 Å². The average molecular weight is 417 g/mol. The van der Waals surface area contributed by atoms with Crippen LogP contribution >= 0.6 is 0 Å². The van der Waals surface area contributed by atoms with E-state index in [1.165, 1.54) is 6.07 Å². The van der Waals surface area contributed by atoms with E-state index in [0.717, 1.165) is 34.6 Å². The summed E-state index contributed by atoms with van der Waals surface area (Å²) in [6.07, 6.45) is 4.24. The quantitative estimate of drug-likeness (QED) is 0.532. The number of hydrogen-bond donors (Lipinski definition) is 1. The lowest BCUT2D eigenvalue weighted by Crippen LogP contribution is -2.13. The first kappa shape index (κ1) is 18.1. The van der Waals surface area contributed by atoms with Gasteiger partial charge in [0.1, 0.15) is 17.9 Å². The minimum atomic E-state index is -0.246. The molecule has 7 nitrogen and oxygen atoms in total. The standard InChI is InChI=1S/C23H20FN5O2/c1-2-18-14(4-3-7-25-18)15-8-20-23(29-12-27-28-22(15)29)26-9-16-17(24)5-6-19-21(16)13(10-30-19)11-31-20/h3-8,12-13,26H,2,9-11H2,1H3/t13-/m1/s1. The third-order valence-corrected chi connectivity index (χ3v) is 6.03. The number of nitrogens with one attached hydrogen (secondary N) is 1. The highest BCUT2D eigenvalue weighted by molar-refractivity contribution is 5.83. The van der Waals surface area contributed by atoms with Gasteiger partial charge in [-0.15, -0.1) is 10.2 Å². The van der Waals surface area contributed by atoms with Crippen molar-refractivity contribution in [2.75, 3.05) is 18.5 Å². The van der Waals surface area contributed by atoms with E-state index in [9.17, 15) is 4.39 Å². The molecule has 0 unspecified atom stereocenters. The molecule has 0 spiro atoms. The summed E-state index contributed by atoms with van der Waals surface area (Å²) in [5.74, 6) is 1.82. The van der Waals surface area contributed by atoms with Crippen molar-refractivity contribution in [2.45, 2.75) is 25.8 Å². The molecule has 0 fully saturated rings. The molecule has 4 aromatic rings. The summed E-state index contributed by atoms with van der Waals surface area (Å²) in [6, 6.07) is 9.09. The Morgan fingerprint density at radius 2 is 2.03 bits per heavy atom. The Morgan fingerprint density at radius 3 is 2.90 bits per heavy atom. The van der Waals surface area contributed by atoms with Gasteiger partial charge in [0.05, 0.1) is 19.1 Å². The van der Waals surface area contributed by atoms with Gasteiger partial charge in [0.25, 0.3) is 0 Å². The molecular formula is C23H20FN5O2. The van der Waals surface area contributed by atoms with E-state index < -0.39 is 0 Å². The molecule has 0 saturated heterocycles. The van der Waals surface area contributed by atoms with Crippen molar-refractivity contribution in [3.63, 3.8) is 0 Å². The number of aromatic nitrogens is 4. The second kappa shape index (κ2) is 6.94. The number of pyridine rings is 2. The predicted molar refractivity (Wildman–Crippen MR) is 113 cm³/mol. The Kier molecular flexibility index (Phi) is 4.05. The Hall–Kier alpha value is -3.68. The molecule has 31 heavy (non-hydrogen) atoms. The molecule has 1 atom stereocenters. The number of aryl methyl sites for hydroxylation is 1. The minimum Gasteiger partial charge on any atom is -0.493 e. The molecule has 1 aromatic carbocycles. The first-order chi connectivity index (χ1) is 15.2. The van der Waals surface area contributed by atoms with Crippen LogP contribution in [0.4, 0.5) is 10.2 Å². The Labute approximate surface area is 177 Å². The van der Waals surface area contributed by atoms with E-state index >= 15 is 0 Å². The number of hydrogen-bond acceptors (Lipinski definition) is 6. The summed E-state index contributed by atoms with van der Waals surface area (Å²) >= 11 is 0. The Balaban J connectivity index is 1.53. The summed E-state index contributed by atoms with van der Waals surface area (Å²) in [7, 11) is 0. The maximum Gasteiger partial charge on any atom is 0.170 e. The van der Waals surface area contributed by atoms with Crippen molar-refractivity contribution in [1.29, 1.82) is 0 Å². The van der Waals surface area contributed by atoms with Crippen LogP contribution in [0.1, 0.15) is 29.7 Å². The zero-order chi connectivity index (χ0) is 20.9. The lowest BCUT2D eigenvalue weighted by atomic mass is 9.96. The fourth-order valence-corrected chi connectivity index (χ4v) is 4.55. The van der Waals surface area contributed by atoms with Gasteiger partial charge in [-0.25, -0.2) is 4.39 Å². The van der Waals surface area contributed by atoms with Gasteiger partial charge in [0.2, 0.25) is 0 Å². The Bertz CT molecular complexity index is 1320. The second-order valence-corrected chi connectivity index (χ2v) is 7.76. The third kappa shape index (κ3) is 2.74. The molecule has 0 radical (unpaired) electrons. The van der Waals surface area contributed by atoms with E-state index in [4.69, 9.17) is 9.47 Å². The van der Waals surface area contributed by atoms with Crippen molar-refractivity contribution < 1.29 is 13.9 Å². The summed E-state index contributed by atoms with van der Waals surface area (Å²) < 4.78 is 28.7. The normalized spacial score (nSPS) is 16.9. The van der Waals surface area contributed by atoms with Crippen molar-refractivity contribution in [1.82, 2.24) is 19.6 Å². The van der Waals surface area contributed by atoms with Crippen LogP contribution in [0.2, 0.25) is 0 Å². The zero-order valence-corrected chi connectivity index (χ0v) is 16.9. The van der Waals surface area contributed by atoms with Gasteiger partial charge in [-0.3, -0.25) is 9.38 Å². The third-order valence-electron chi connectivity index (χ3n) is 6.03. The van der Waals surface area contributed by atoms with E-state index in [-0.39, 0.29) is 11.7 Å². The van der Waals surface area contributed by atoms with Gasteiger partial charge < -0.3 is 14.8 Å². The molecule has 5 heterocycles. The monoisotopic (exact) mass is 417 g/mol. The summed E-state index contributed by atoms with van der Waals surface area (Å²) in [6.45, 7) is 3.25. The summed E-state index contributed by atoms with van der Waals surface area (Å²) in [4.78, 5) is 4.52. The minimum absolute atomic E-state index is 0.0295. The number of anilines is 1. The summed E-state index contributed by atoms with van der Waals surface area (Å²) in [5.41, 5.74) is 5.07. The Morgan fingerprint density at radius 1 is 1.16 bits per heavy atom. The van der Waals surface area contributed by atoms with Crippen LogP contribution in [0.5, 0.6) is 11.5 Å². The number of ether oxygens (including phenoxy) is 2. The van der Waals surface area contributed by atoms with E-state index in [0.29, 0.717) is 42.5 Å². The highest BCUT2D eigenvalue weighted by Gasteiger charge is 2.31. The van der Waals surface area contributed by atoms with Crippen LogP contribution in [0.25, 0.3) is 16.8 Å². The molecule has 156 valence electrons. The second-order valence-electron chi connectivity index (χ2n) is 7.76. The van der Waals surface area contributed by atoms with Gasteiger partial charge in [0, 0.05) is 40.7 Å². The number of rotatable bonds is 2. The van der Waals surface area contributed by atoms with Crippen LogP contribution in [-0.2, 0) is 13.0 Å². The molecule has 2 aliphatic heterocycles. The van der Waals surface area contributed by atoms with Crippen LogP contribution in [0, 0.1) is 5.82 Å². The SMILES string of the molecule is CCc1ncccc1-c1cc2c(n3cnnc13)NCc1c(F)ccc3c1[C@H](CO3)CO2. The fourth-order valence-electron chi connectivity index (χ4n) is 4.55. The molecule has 6 rings (SSSR count). The molecule has 0 saturated carbocycles. The van der Waals surface area contributed by atoms with Crippen molar-refractivity contribution in [3.8, 4) is 22.6 Å². The zero-order valence-electron chi connectivity index (χ0n) is 16.9. The first-order valence-corrected chi connectivity index (χ1v) is 10.4. The molecule has 3 aromatic heterocycles. The number of fused-ring (bicyclic) bond motifs is 3. The molecule has 1 N–H and O–H groups in total. The largest absolute Gasteiger partial charge is 0.493 e. The van der Waals surface area contributed by atoms with E-state index in [2.05, 4.69) is 27.4 Å². The van der Waals surface area contributed by atoms with Gasteiger partial charge in [-0.05, 0) is 30.7 Å². The first-order valence-electron chi connectivity index (χ1n) is 10.4. The number of benzene rings is 1.